The van der Waals surface area contributed by atoms with E-state index in [0.717, 1.165) is 32.5 Å². The van der Waals surface area contributed by atoms with E-state index < -0.39 is 6.10 Å². The third-order valence-corrected chi connectivity index (χ3v) is 3.88. The largest absolute Gasteiger partial charge is 0.496 e. The standard InChI is InChI=1S/C18H31NO4/c1-6-9-19(10-7-2)11-8-15(20)18-16(22-4)12-14(21-3)13-17(18)23-5/h12-13,15,20H,6-11H2,1-5H3. The minimum absolute atomic E-state index is 0.589. The van der Waals surface area contributed by atoms with E-state index in [2.05, 4.69) is 18.7 Å². The topological polar surface area (TPSA) is 51.2 Å². The number of aliphatic hydroxyl groups is 1. The van der Waals surface area contributed by atoms with Crippen molar-refractivity contribution in [3.63, 3.8) is 0 Å². The Balaban J connectivity index is 2.91. The van der Waals surface area contributed by atoms with Crippen molar-refractivity contribution in [1.82, 2.24) is 4.90 Å². The summed E-state index contributed by atoms with van der Waals surface area (Å²) in [7, 11) is 4.77. The minimum atomic E-state index is -0.637. The predicted molar refractivity (Wildman–Crippen MR) is 92.7 cm³/mol. The zero-order chi connectivity index (χ0) is 17.2. The van der Waals surface area contributed by atoms with Gasteiger partial charge < -0.3 is 24.2 Å². The number of hydrogen-bond acceptors (Lipinski definition) is 5. The first-order valence-electron chi connectivity index (χ1n) is 8.31. The molecule has 5 nitrogen and oxygen atoms in total. The van der Waals surface area contributed by atoms with Gasteiger partial charge in [0.1, 0.15) is 17.2 Å². The quantitative estimate of drug-likeness (QED) is 0.677. The van der Waals surface area contributed by atoms with Crippen LogP contribution in [0.5, 0.6) is 17.2 Å². The Morgan fingerprint density at radius 1 is 0.913 bits per heavy atom. The lowest BCUT2D eigenvalue weighted by Gasteiger charge is -2.24. The van der Waals surface area contributed by atoms with E-state index in [-0.39, 0.29) is 0 Å². The van der Waals surface area contributed by atoms with Crippen LogP contribution in [-0.2, 0) is 0 Å². The molecule has 1 rings (SSSR count). The van der Waals surface area contributed by atoms with Crippen molar-refractivity contribution in [2.24, 2.45) is 0 Å². The fourth-order valence-corrected chi connectivity index (χ4v) is 2.78. The lowest BCUT2D eigenvalue weighted by molar-refractivity contribution is 0.135. The Morgan fingerprint density at radius 3 is 1.83 bits per heavy atom. The highest BCUT2D eigenvalue weighted by Gasteiger charge is 2.21. The van der Waals surface area contributed by atoms with Crippen molar-refractivity contribution in [3.05, 3.63) is 17.7 Å². The molecule has 0 aliphatic rings. The molecule has 1 unspecified atom stereocenters. The smallest absolute Gasteiger partial charge is 0.132 e. The van der Waals surface area contributed by atoms with Crippen molar-refractivity contribution in [3.8, 4) is 17.2 Å². The van der Waals surface area contributed by atoms with Crippen LogP contribution < -0.4 is 14.2 Å². The van der Waals surface area contributed by atoms with Gasteiger partial charge in [0.2, 0.25) is 0 Å². The summed E-state index contributed by atoms with van der Waals surface area (Å²) in [5, 5.41) is 10.7. The predicted octanol–water partition coefficient (Wildman–Crippen LogP) is 3.26. The fourth-order valence-electron chi connectivity index (χ4n) is 2.78. The molecule has 0 radical (unpaired) electrons. The van der Waals surface area contributed by atoms with Gasteiger partial charge in [-0.3, -0.25) is 0 Å². The van der Waals surface area contributed by atoms with E-state index in [1.807, 2.05) is 0 Å². The summed E-state index contributed by atoms with van der Waals surface area (Å²) in [5.74, 6) is 1.82. The SMILES string of the molecule is CCCN(CCC)CCC(O)c1c(OC)cc(OC)cc1OC. The molecule has 0 fully saturated rings. The number of hydrogen-bond donors (Lipinski definition) is 1. The van der Waals surface area contributed by atoms with Crippen LogP contribution in [0.4, 0.5) is 0 Å². The molecule has 0 saturated heterocycles. The van der Waals surface area contributed by atoms with E-state index in [9.17, 15) is 5.11 Å². The molecule has 1 aromatic rings. The summed E-state index contributed by atoms with van der Waals surface area (Å²) in [6, 6.07) is 3.55. The maximum Gasteiger partial charge on any atom is 0.132 e. The molecule has 0 amide bonds. The number of rotatable bonds is 11. The molecule has 1 atom stereocenters. The van der Waals surface area contributed by atoms with Crippen LogP contribution in [0.2, 0.25) is 0 Å². The average Bonchev–Trinajstić information content (AvgIpc) is 2.58. The lowest BCUT2D eigenvalue weighted by Crippen LogP contribution is -2.27. The number of benzene rings is 1. The van der Waals surface area contributed by atoms with Gasteiger partial charge in [-0.15, -0.1) is 0 Å². The van der Waals surface area contributed by atoms with Gasteiger partial charge in [0.05, 0.1) is 33.0 Å². The average molecular weight is 325 g/mol. The normalized spacial score (nSPS) is 12.3. The number of aliphatic hydroxyl groups excluding tert-OH is 1. The third-order valence-electron chi connectivity index (χ3n) is 3.88. The molecular weight excluding hydrogens is 294 g/mol. The van der Waals surface area contributed by atoms with Gasteiger partial charge >= 0.3 is 0 Å². The molecule has 5 heteroatoms. The molecule has 1 N–H and O–H groups in total. The third kappa shape index (κ3) is 5.59. The van der Waals surface area contributed by atoms with Gasteiger partial charge in [-0.25, -0.2) is 0 Å². The second-order valence-corrected chi connectivity index (χ2v) is 5.59. The monoisotopic (exact) mass is 325 g/mol. The van der Waals surface area contributed by atoms with E-state index >= 15 is 0 Å². The first-order chi connectivity index (χ1) is 11.1. The summed E-state index contributed by atoms with van der Waals surface area (Å²) in [5.41, 5.74) is 0.684. The van der Waals surface area contributed by atoms with Crippen molar-refractivity contribution < 1.29 is 19.3 Å². The van der Waals surface area contributed by atoms with Crippen molar-refractivity contribution >= 4 is 0 Å². The zero-order valence-electron chi connectivity index (χ0n) is 15.1. The Hall–Kier alpha value is -1.46. The van der Waals surface area contributed by atoms with Gasteiger partial charge in [-0.1, -0.05) is 13.8 Å². The second kappa shape index (κ2) is 10.3. The molecule has 0 aliphatic carbocycles. The Morgan fingerprint density at radius 2 is 1.43 bits per heavy atom. The summed E-state index contributed by atoms with van der Waals surface area (Å²) in [4.78, 5) is 2.38. The number of methoxy groups -OCH3 is 3. The van der Waals surface area contributed by atoms with E-state index in [1.54, 1.807) is 33.5 Å². The molecule has 0 spiro atoms. The van der Waals surface area contributed by atoms with Gasteiger partial charge in [0.25, 0.3) is 0 Å². The van der Waals surface area contributed by atoms with E-state index in [0.29, 0.717) is 29.2 Å². The van der Waals surface area contributed by atoms with Crippen LogP contribution in [0.1, 0.15) is 44.8 Å². The van der Waals surface area contributed by atoms with Crippen LogP contribution in [0.25, 0.3) is 0 Å². The molecule has 0 bridgehead atoms. The Labute approximate surface area is 140 Å². The Bertz CT molecular complexity index is 433. The summed E-state index contributed by atoms with van der Waals surface area (Å²) >= 11 is 0. The highest BCUT2D eigenvalue weighted by molar-refractivity contribution is 5.51. The van der Waals surface area contributed by atoms with Crippen LogP contribution in [0.3, 0.4) is 0 Å². The molecular formula is C18H31NO4. The molecule has 0 aliphatic heterocycles. The van der Waals surface area contributed by atoms with Crippen LogP contribution in [0.15, 0.2) is 12.1 Å². The Kier molecular flexibility index (Phi) is 8.81. The molecule has 23 heavy (non-hydrogen) atoms. The van der Waals surface area contributed by atoms with Gasteiger partial charge in [-0.2, -0.15) is 0 Å². The summed E-state index contributed by atoms with van der Waals surface area (Å²) in [6.07, 6.45) is 2.23. The number of ether oxygens (including phenoxy) is 3. The van der Waals surface area contributed by atoms with Gasteiger partial charge in [-0.05, 0) is 32.4 Å². The minimum Gasteiger partial charge on any atom is -0.496 e. The van der Waals surface area contributed by atoms with Crippen LogP contribution in [-0.4, -0.2) is 51.0 Å². The molecule has 132 valence electrons. The lowest BCUT2D eigenvalue weighted by atomic mass is 10.0. The first kappa shape index (κ1) is 19.6. The summed E-state index contributed by atoms with van der Waals surface area (Å²) < 4.78 is 16.1. The molecule has 0 saturated carbocycles. The van der Waals surface area contributed by atoms with Crippen LogP contribution in [0, 0.1) is 0 Å². The molecule has 0 heterocycles. The highest BCUT2D eigenvalue weighted by Crippen LogP contribution is 2.39. The maximum absolute atomic E-state index is 10.7. The van der Waals surface area contributed by atoms with E-state index in [4.69, 9.17) is 14.2 Å². The van der Waals surface area contributed by atoms with Crippen molar-refractivity contribution in [2.75, 3.05) is 41.0 Å². The van der Waals surface area contributed by atoms with Crippen molar-refractivity contribution in [1.29, 1.82) is 0 Å². The molecule has 1 aromatic carbocycles. The van der Waals surface area contributed by atoms with Gasteiger partial charge in [0, 0.05) is 18.7 Å². The highest BCUT2D eigenvalue weighted by atomic mass is 16.5. The van der Waals surface area contributed by atoms with Crippen LogP contribution >= 0.6 is 0 Å². The van der Waals surface area contributed by atoms with Gasteiger partial charge in [0.15, 0.2) is 0 Å². The molecule has 0 aromatic heterocycles. The number of nitrogens with zero attached hydrogens (tertiary/aromatic N) is 1. The first-order valence-corrected chi connectivity index (χ1v) is 8.31. The maximum atomic E-state index is 10.7. The van der Waals surface area contributed by atoms with Crippen molar-refractivity contribution in [2.45, 2.75) is 39.2 Å². The second-order valence-electron chi connectivity index (χ2n) is 5.59. The zero-order valence-corrected chi connectivity index (χ0v) is 15.1. The fraction of sp³-hybridized carbons (Fsp3) is 0.667. The van der Waals surface area contributed by atoms with E-state index in [1.165, 1.54) is 0 Å². The summed E-state index contributed by atoms with van der Waals surface area (Å²) in [6.45, 7) is 7.30.